The van der Waals surface area contributed by atoms with Crippen molar-refractivity contribution in [2.75, 3.05) is 4.72 Å². The molecule has 4 rings (SSSR count). The SMILES string of the molecule is O=C(c1ccccc1)c1cc(Cl)cnc1NS(=O)(=O)c1ccc(-c2ccco2)s1. The summed E-state index contributed by atoms with van der Waals surface area (Å²) in [5.74, 6) is 0.0953. The minimum absolute atomic E-state index is 0.0649. The number of nitrogens with zero attached hydrogens (tertiary/aromatic N) is 1. The van der Waals surface area contributed by atoms with Gasteiger partial charge in [-0.05, 0) is 30.3 Å². The molecule has 6 nitrogen and oxygen atoms in total. The molecule has 0 bridgehead atoms. The van der Waals surface area contributed by atoms with Crippen LogP contribution < -0.4 is 4.72 Å². The highest BCUT2D eigenvalue weighted by Gasteiger charge is 2.23. The summed E-state index contributed by atoms with van der Waals surface area (Å²) in [6, 6.07) is 16.5. The summed E-state index contributed by atoms with van der Waals surface area (Å²) < 4.78 is 33.5. The Balaban J connectivity index is 1.68. The molecule has 4 aromatic rings. The average Bonchev–Trinajstić information content (AvgIpc) is 3.41. The van der Waals surface area contributed by atoms with Crippen LogP contribution in [0, 0.1) is 0 Å². The number of thiophene rings is 1. The number of anilines is 1. The van der Waals surface area contributed by atoms with Crippen LogP contribution in [0.15, 0.2) is 81.8 Å². The number of halogens is 1. The summed E-state index contributed by atoms with van der Waals surface area (Å²) in [5, 5.41) is 0.225. The highest BCUT2D eigenvalue weighted by molar-refractivity contribution is 7.94. The Bertz CT molecular complexity index is 1270. The largest absolute Gasteiger partial charge is 0.464 e. The maximum Gasteiger partial charge on any atom is 0.272 e. The standard InChI is InChI=1S/C20H13ClN2O4S2/c21-14-11-15(19(24)13-5-2-1-3-6-13)20(22-12-14)23-29(25,26)18-9-8-17(28-18)16-7-4-10-27-16/h1-12H,(H,22,23). The lowest BCUT2D eigenvalue weighted by Crippen LogP contribution is -2.16. The Morgan fingerprint density at radius 1 is 1.07 bits per heavy atom. The van der Waals surface area contributed by atoms with Gasteiger partial charge in [-0.1, -0.05) is 41.9 Å². The number of carbonyl (C=O) groups excluding carboxylic acids is 1. The van der Waals surface area contributed by atoms with E-state index in [0.717, 1.165) is 11.3 Å². The van der Waals surface area contributed by atoms with Crippen LogP contribution in [-0.2, 0) is 10.0 Å². The molecule has 9 heteroatoms. The van der Waals surface area contributed by atoms with Gasteiger partial charge in [0.2, 0.25) is 0 Å². The Morgan fingerprint density at radius 2 is 1.86 bits per heavy atom. The lowest BCUT2D eigenvalue weighted by atomic mass is 10.0. The smallest absolute Gasteiger partial charge is 0.272 e. The van der Waals surface area contributed by atoms with Gasteiger partial charge in [-0.3, -0.25) is 9.52 Å². The zero-order chi connectivity index (χ0) is 20.4. The molecule has 146 valence electrons. The number of pyridine rings is 1. The van der Waals surface area contributed by atoms with Crippen molar-refractivity contribution in [3.05, 3.63) is 89.3 Å². The molecule has 3 heterocycles. The van der Waals surface area contributed by atoms with Crippen LogP contribution in [-0.4, -0.2) is 19.2 Å². The van der Waals surface area contributed by atoms with Crippen molar-refractivity contribution in [1.82, 2.24) is 4.98 Å². The average molecular weight is 445 g/mol. The molecule has 0 amide bonds. The Kier molecular flexibility index (Phi) is 5.23. The van der Waals surface area contributed by atoms with Crippen LogP contribution in [0.25, 0.3) is 10.6 Å². The van der Waals surface area contributed by atoms with Crippen LogP contribution in [0.1, 0.15) is 15.9 Å². The first-order chi connectivity index (χ1) is 13.9. The number of carbonyl (C=O) groups is 1. The van der Waals surface area contributed by atoms with Gasteiger partial charge in [-0.2, -0.15) is 0 Å². The van der Waals surface area contributed by atoms with Crippen LogP contribution in [0.5, 0.6) is 0 Å². The number of benzene rings is 1. The van der Waals surface area contributed by atoms with Crippen molar-refractivity contribution < 1.29 is 17.6 Å². The minimum Gasteiger partial charge on any atom is -0.464 e. The van der Waals surface area contributed by atoms with Gasteiger partial charge in [-0.25, -0.2) is 13.4 Å². The first-order valence-corrected chi connectivity index (χ1v) is 11.0. The summed E-state index contributed by atoms with van der Waals surface area (Å²) >= 11 is 7.04. The summed E-state index contributed by atoms with van der Waals surface area (Å²) in [6.07, 6.45) is 2.80. The molecular formula is C20H13ClN2O4S2. The quantitative estimate of drug-likeness (QED) is 0.418. The van der Waals surface area contributed by atoms with Gasteiger partial charge in [0, 0.05) is 11.8 Å². The fraction of sp³-hybridized carbons (Fsp3) is 0. The molecule has 0 saturated carbocycles. The summed E-state index contributed by atoms with van der Waals surface area (Å²) in [7, 11) is -3.97. The fourth-order valence-corrected chi connectivity index (χ4v) is 5.09. The second kappa shape index (κ2) is 7.82. The number of aromatic nitrogens is 1. The third-order valence-corrected chi connectivity index (χ3v) is 7.11. The van der Waals surface area contributed by atoms with Crippen molar-refractivity contribution in [3.8, 4) is 10.6 Å². The van der Waals surface area contributed by atoms with Gasteiger partial charge < -0.3 is 4.42 Å². The van der Waals surface area contributed by atoms with Crippen LogP contribution in [0.3, 0.4) is 0 Å². The van der Waals surface area contributed by atoms with E-state index in [-0.39, 0.29) is 26.4 Å². The van der Waals surface area contributed by atoms with Gasteiger partial charge in [0.25, 0.3) is 10.0 Å². The number of rotatable bonds is 6. The van der Waals surface area contributed by atoms with Crippen LogP contribution in [0.4, 0.5) is 5.82 Å². The first-order valence-electron chi connectivity index (χ1n) is 8.36. The Morgan fingerprint density at radius 3 is 2.59 bits per heavy atom. The second-order valence-electron chi connectivity index (χ2n) is 5.95. The van der Waals surface area contributed by atoms with Crippen molar-refractivity contribution in [2.24, 2.45) is 0 Å². The molecule has 0 atom stereocenters. The molecule has 0 aliphatic carbocycles. The molecule has 3 aromatic heterocycles. The summed E-state index contributed by atoms with van der Waals surface area (Å²) in [5.41, 5.74) is 0.461. The summed E-state index contributed by atoms with van der Waals surface area (Å²) in [4.78, 5) is 17.6. The molecule has 0 aliphatic rings. The first kappa shape index (κ1) is 19.4. The molecule has 0 saturated heterocycles. The Labute approximate surface area is 175 Å². The fourth-order valence-electron chi connectivity index (χ4n) is 2.63. The van der Waals surface area contributed by atoms with E-state index in [4.69, 9.17) is 16.0 Å². The normalized spacial score (nSPS) is 11.3. The molecule has 1 aromatic carbocycles. The van der Waals surface area contributed by atoms with Gasteiger partial charge in [0.1, 0.15) is 9.97 Å². The number of ketones is 1. The van der Waals surface area contributed by atoms with Crippen molar-refractivity contribution in [3.63, 3.8) is 0 Å². The van der Waals surface area contributed by atoms with Crippen molar-refractivity contribution >= 4 is 44.6 Å². The number of furan rings is 1. The van der Waals surface area contributed by atoms with E-state index in [1.54, 1.807) is 48.5 Å². The van der Waals surface area contributed by atoms with E-state index in [1.165, 1.54) is 24.6 Å². The molecule has 29 heavy (non-hydrogen) atoms. The highest BCUT2D eigenvalue weighted by atomic mass is 35.5. The van der Waals surface area contributed by atoms with Gasteiger partial charge in [-0.15, -0.1) is 11.3 Å². The molecule has 0 aliphatic heterocycles. The highest BCUT2D eigenvalue weighted by Crippen LogP contribution is 2.32. The van der Waals surface area contributed by atoms with Crippen LogP contribution >= 0.6 is 22.9 Å². The number of hydrogen-bond acceptors (Lipinski definition) is 6. The van der Waals surface area contributed by atoms with Gasteiger partial charge in [0.15, 0.2) is 11.6 Å². The molecule has 1 N–H and O–H groups in total. The van der Waals surface area contributed by atoms with Gasteiger partial charge >= 0.3 is 0 Å². The minimum atomic E-state index is -3.97. The monoisotopic (exact) mass is 444 g/mol. The van der Waals surface area contributed by atoms with E-state index in [2.05, 4.69) is 9.71 Å². The lowest BCUT2D eigenvalue weighted by Gasteiger charge is -2.10. The third kappa shape index (κ3) is 4.09. The van der Waals surface area contributed by atoms with Crippen molar-refractivity contribution in [2.45, 2.75) is 4.21 Å². The summed E-state index contributed by atoms with van der Waals surface area (Å²) in [6.45, 7) is 0. The number of hydrogen-bond donors (Lipinski definition) is 1. The van der Waals surface area contributed by atoms with Crippen molar-refractivity contribution in [1.29, 1.82) is 0 Å². The predicted octanol–water partition coefficient (Wildman–Crippen LogP) is 5.09. The van der Waals surface area contributed by atoms with E-state index in [0.29, 0.717) is 16.2 Å². The number of nitrogens with one attached hydrogen (secondary N) is 1. The van der Waals surface area contributed by atoms with E-state index in [9.17, 15) is 13.2 Å². The zero-order valence-corrected chi connectivity index (χ0v) is 17.1. The zero-order valence-electron chi connectivity index (χ0n) is 14.7. The van der Waals surface area contributed by atoms with E-state index < -0.39 is 10.0 Å². The second-order valence-corrected chi connectivity index (χ2v) is 9.38. The molecular weight excluding hydrogens is 432 g/mol. The topological polar surface area (TPSA) is 89.3 Å². The molecule has 0 radical (unpaired) electrons. The molecule has 0 spiro atoms. The predicted molar refractivity (Wildman–Crippen MR) is 112 cm³/mol. The van der Waals surface area contributed by atoms with E-state index in [1.807, 2.05) is 0 Å². The maximum absolute atomic E-state index is 12.9. The maximum atomic E-state index is 12.9. The van der Waals surface area contributed by atoms with E-state index >= 15 is 0 Å². The lowest BCUT2D eigenvalue weighted by molar-refractivity contribution is 0.103. The molecule has 0 unspecified atom stereocenters. The Hall–Kier alpha value is -2.94. The molecule has 0 fully saturated rings. The number of sulfonamides is 1. The third-order valence-electron chi connectivity index (χ3n) is 3.98. The van der Waals surface area contributed by atoms with Gasteiger partial charge in [0.05, 0.1) is 21.7 Å². The van der Waals surface area contributed by atoms with Crippen LogP contribution in [0.2, 0.25) is 5.02 Å².